The van der Waals surface area contributed by atoms with Gasteiger partial charge in [-0.3, -0.25) is 14.7 Å². The second-order valence-corrected chi connectivity index (χ2v) is 7.01. The van der Waals surface area contributed by atoms with Crippen molar-refractivity contribution >= 4 is 27.5 Å². The number of aromatic nitrogens is 3. The Morgan fingerprint density at radius 2 is 2.12 bits per heavy atom. The molecule has 1 atom stereocenters. The summed E-state index contributed by atoms with van der Waals surface area (Å²) >= 11 is 3.44. The average molecular weight is 403 g/mol. The van der Waals surface area contributed by atoms with E-state index in [2.05, 4.69) is 31.3 Å². The number of aryl methyl sites for hydroxylation is 2. The summed E-state index contributed by atoms with van der Waals surface area (Å²) < 4.78 is 2.60. The summed E-state index contributed by atoms with van der Waals surface area (Å²) in [6.45, 7) is 5.67. The van der Waals surface area contributed by atoms with Gasteiger partial charge in [-0.2, -0.15) is 0 Å². The number of carbonyl (C=O) groups is 1. The number of amides is 1. The highest BCUT2D eigenvalue weighted by molar-refractivity contribution is 9.10. The Hall–Kier alpha value is -2.41. The molecule has 1 aromatic carbocycles. The van der Waals surface area contributed by atoms with Crippen LogP contribution in [0.25, 0.3) is 5.65 Å². The summed E-state index contributed by atoms with van der Waals surface area (Å²) in [6, 6.07) is 9.19. The zero-order valence-corrected chi connectivity index (χ0v) is 15.8. The van der Waals surface area contributed by atoms with Crippen molar-refractivity contribution in [3.63, 3.8) is 0 Å². The van der Waals surface area contributed by atoms with Gasteiger partial charge in [-0.1, -0.05) is 28.1 Å². The third-order valence-electron chi connectivity index (χ3n) is 4.27. The van der Waals surface area contributed by atoms with Crippen molar-refractivity contribution in [3.8, 4) is 0 Å². The maximum absolute atomic E-state index is 12.5. The van der Waals surface area contributed by atoms with Gasteiger partial charge in [-0.15, -0.1) is 0 Å². The van der Waals surface area contributed by atoms with Gasteiger partial charge >= 0.3 is 0 Å². The van der Waals surface area contributed by atoms with E-state index < -0.39 is 0 Å². The number of carbonyl (C=O) groups excluding carboxylic acids is 1. The van der Waals surface area contributed by atoms with Crippen molar-refractivity contribution in [2.24, 2.45) is 0 Å². The lowest BCUT2D eigenvalue weighted by atomic mass is 10.1. The van der Waals surface area contributed by atoms with Gasteiger partial charge in [0.25, 0.3) is 5.56 Å². The fourth-order valence-corrected chi connectivity index (χ4v) is 3.34. The monoisotopic (exact) mass is 402 g/mol. The first kappa shape index (κ1) is 17.4. The summed E-state index contributed by atoms with van der Waals surface area (Å²) in [5, 5.41) is 5.71. The van der Waals surface area contributed by atoms with Crippen molar-refractivity contribution in [1.29, 1.82) is 0 Å². The lowest BCUT2D eigenvalue weighted by Crippen LogP contribution is -2.29. The molecule has 0 radical (unpaired) electrons. The minimum absolute atomic E-state index is 0.0886. The van der Waals surface area contributed by atoms with Crippen LogP contribution in [0, 0.1) is 13.8 Å². The number of hydrogen-bond acceptors (Lipinski definition) is 3. The number of nitrogens with one attached hydrogen (secondary N) is 2. The quantitative estimate of drug-likeness (QED) is 0.703. The number of nitrogens with zero attached hydrogens (tertiary/aromatic N) is 2. The maximum Gasteiger partial charge on any atom is 0.266 e. The molecule has 6 nitrogen and oxygen atoms in total. The Morgan fingerprint density at radius 3 is 2.84 bits per heavy atom. The smallest absolute Gasteiger partial charge is 0.266 e. The van der Waals surface area contributed by atoms with E-state index >= 15 is 0 Å². The maximum atomic E-state index is 12.5. The van der Waals surface area contributed by atoms with Crippen LogP contribution in [-0.4, -0.2) is 20.5 Å². The van der Waals surface area contributed by atoms with E-state index in [0.717, 1.165) is 27.0 Å². The number of rotatable bonds is 4. The number of hydrogen-bond donors (Lipinski definition) is 2. The van der Waals surface area contributed by atoms with E-state index in [-0.39, 0.29) is 23.9 Å². The number of halogens is 1. The summed E-state index contributed by atoms with van der Waals surface area (Å²) in [7, 11) is 0. The molecule has 1 unspecified atom stereocenters. The number of benzene rings is 1. The molecule has 0 bridgehead atoms. The molecule has 130 valence electrons. The van der Waals surface area contributed by atoms with Crippen molar-refractivity contribution in [2.75, 3.05) is 0 Å². The zero-order valence-electron chi connectivity index (χ0n) is 14.3. The third kappa shape index (κ3) is 3.66. The van der Waals surface area contributed by atoms with Gasteiger partial charge in [0.2, 0.25) is 5.91 Å². The Bertz CT molecular complexity index is 1010. The highest BCUT2D eigenvalue weighted by Gasteiger charge is 2.16. The highest BCUT2D eigenvalue weighted by atomic mass is 79.9. The van der Waals surface area contributed by atoms with Gasteiger partial charge in [-0.25, -0.2) is 9.50 Å². The molecular weight excluding hydrogens is 384 g/mol. The van der Waals surface area contributed by atoms with Gasteiger partial charge < -0.3 is 5.32 Å². The normalized spacial score (nSPS) is 12.3. The van der Waals surface area contributed by atoms with Crippen LogP contribution in [0.4, 0.5) is 0 Å². The topological polar surface area (TPSA) is 79.3 Å². The molecule has 25 heavy (non-hydrogen) atoms. The fourth-order valence-electron chi connectivity index (χ4n) is 2.92. The third-order valence-corrected chi connectivity index (χ3v) is 4.76. The van der Waals surface area contributed by atoms with Gasteiger partial charge in [0.05, 0.1) is 12.5 Å². The van der Waals surface area contributed by atoms with Crippen LogP contribution in [-0.2, 0) is 11.2 Å². The number of aromatic amines is 1. The van der Waals surface area contributed by atoms with E-state index in [1.807, 2.05) is 45.0 Å². The minimum atomic E-state index is -0.208. The van der Waals surface area contributed by atoms with Crippen molar-refractivity contribution in [2.45, 2.75) is 33.2 Å². The van der Waals surface area contributed by atoms with Crippen LogP contribution in [0.15, 0.2) is 39.6 Å². The summed E-state index contributed by atoms with van der Waals surface area (Å²) in [5.41, 5.74) is 3.76. The Morgan fingerprint density at radius 1 is 1.36 bits per heavy atom. The molecule has 2 heterocycles. The standard InChI is InChI=1S/C18H19BrN4O2/c1-10(13-5-4-6-14(19)7-13)21-17(24)8-15-11(2)20-16-9-18(25)22-23(16)12(15)3/h4-7,9-10H,8H2,1-3H3,(H,21,24)(H,22,25). The van der Waals surface area contributed by atoms with E-state index in [1.54, 1.807) is 4.52 Å². The molecule has 3 rings (SSSR count). The predicted octanol–water partition coefficient (Wildman–Crippen LogP) is 2.82. The molecule has 7 heteroatoms. The molecule has 3 aromatic rings. The highest BCUT2D eigenvalue weighted by Crippen LogP contribution is 2.19. The largest absolute Gasteiger partial charge is 0.349 e. The second-order valence-electron chi connectivity index (χ2n) is 6.10. The molecule has 0 saturated carbocycles. The van der Waals surface area contributed by atoms with Crippen LogP contribution < -0.4 is 10.9 Å². The van der Waals surface area contributed by atoms with Gasteiger partial charge in [0, 0.05) is 27.5 Å². The van der Waals surface area contributed by atoms with E-state index in [9.17, 15) is 9.59 Å². The van der Waals surface area contributed by atoms with Gasteiger partial charge in [-0.05, 0) is 38.5 Å². The van der Waals surface area contributed by atoms with Crippen molar-refractivity contribution in [3.05, 3.63) is 67.7 Å². The summed E-state index contributed by atoms with van der Waals surface area (Å²) in [5.74, 6) is -0.0886. The molecule has 0 saturated heterocycles. The Kier molecular flexibility index (Phi) is 4.76. The van der Waals surface area contributed by atoms with Gasteiger partial charge in [0.15, 0.2) is 5.65 Å². The lowest BCUT2D eigenvalue weighted by molar-refractivity contribution is -0.121. The molecule has 0 aliphatic heterocycles. The molecule has 0 fully saturated rings. The van der Waals surface area contributed by atoms with Crippen LogP contribution in [0.3, 0.4) is 0 Å². The molecule has 0 aliphatic carbocycles. The summed E-state index contributed by atoms with van der Waals surface area (Å²) in [4.78, 5) is 28.4. The Labute approximate surface area is 153 Å². The fraction of sp³-hybridized carbons (Fsp3) is 0.278. The van der Waals surface area contributed by atoms with Crippen molar-refractivity contribution in [1.82, 2.24) is 19.9 Å². The second kappa shape index (κ2) is 6.84. The molecule has 0 spiro atoms. The molecule has 2 N–H and O–H groups in total. The minimum Gasteiger partial charge on any atom is -0.349 e. The van der Waals surface area contributed by atoms with Crippen LogP contribution in [0.2, 0.25) is 0 Å². The SMILES string of the molecule is Cc1nc2cc(=O)[nH]n2c(C)c1CC(=O)NC(C)c1cccc(Br)c1. The van der Waals surface area contributed by atoms with Gasteiger partial charge in [0.1, 0.15) is 0 Å². The Balaban J connectivity index is 1.81. The van der Waals surface area contributed by atoms with E-state index in [1.165, 1.54) is 6.07 Å². The molecule has 2 aromatic heterocycles. The predicted molar refractivity (Wildman–Crippen MR) is 99.7 cm³/mol. The lowest BCUT2D eigenvalue weighted by Gasteiger charge is -2.16. The number of fused-ring (bicyclic) bond motifs is 1. The van der Waals surface area contributed by atoms with Crippen LogP contribution >= 0.6 is 15.9 Å². The molecular formula is C18H19BrN4O2. The summed E-state index contributed by atoms with van der Waals surface area (Å²) in [6.07, 6.45) is 0.208. The first-order valence-corrected chi connectivity index (χ1v) is 8.77. The first-order chi connectivity index (χ1) is 11.8. The molecule has 1 amide bonds. The van der Waals surface area contributed by atoms with Crippen LogP contribution in [0.1, 0.15) is 35.5 Å². The first-order valence-electron chi connectivity index (χ1n) is 7.98. The number of H-pyrrole nitrogens is 1. The van der Waals surface area contributed by atoms with Crippen LogP contribution in [0.5, 0.6) is 0 Å². The zero-order chi connectivity index (χ0) is 18.1. The van der Waals surface area contributed by atoms with E-state index in [0.29, 0.717) is 5.65 Å². The van der Waals surface area contributed by atoms with Crippen molar-refractivity contribution < 1.29 is 4.79 Å². The average Bonchev–Trinajstić information content (AvgIpc) is 2.92. The van der Waals surface area contributed by atoms with E-state index in [4.69, 9.17) is 0 Å². The molecule has 0 aliphatic rings.